The van der Waals surface area contributed by atoms with E-state index in [9.17, 15) is 4.79 Å². The Morgan fingerprint density at radius 1 is 1.43 bits per heavy atom. The molecular weight excluding hydrogens is 196 g/mol. The minimum Gasteiger partial charge on any atom is -0.481 e. The first-order chi connectivity index (χ1) is 6.61. The number of hydrogen-bond donors (Lipinski definition) is 1. The van der Waals surface area contributed by atoms with Crippen LogP contribution >= 0.6 is 12.2 Å². The Kier molecular flexibility index (Phi) is 3.77. The van der Waals surface area contributed by atoms with Crippen molar-refractivity contribution in [1.29, 1.82) is 0 Å². The molecule has 1 N–H and O–H groups in total. The minimum atomic E-state index is -0.803. The van der Waals surface area contributed by atoms with Gasteiger partial charge in [0.1, 0.15) is 0 Å². The largest absolute Gasteiger partial charge is 0.481 e. The van der Waals surface area contributed by atoms with E-state index in [2.05, 4.69) is 0 Å². The van der Waals surface area contributed by atoms with Gasteiger partial charge in [0.15, 0.2) is 0 Å². The highest BCUT2D eigenvalue weighted by Gasteiger charge is 2.13. The van der Waals surface area contributed by atoms with Crippen molar-refractivity contribution in [3.63, 3.8) is 0 Å². The molecule has 1 rings (SSSR count). The van der Waals surface area contributed by atoms with Crippen LogP contribution in [0.3, 0.4) is 0 Å². The summed E-state index contributed by atoms with van der Waals surface area (Å²) in [6.07, 6.45) is 0.425. The summed E-state index contributed by atoms with van der Waals surface area (Å²) in [6.45, 7) is 1.66. The van der Waals surface area contributed by atoms with Crippen LogP contribution in [0.2, 0.25) is 0 Å². The van der Waals surface area contributed by atoms with Gasteiger partial charge < -0.3 is 5.11 Å². The molecule has 1 unspecified atom stereocenters. The maximum absolute atomic E-state index is 10.6. The van der Waals surface area contributed by atoms with Crippen LogP contribution in [-0.4, -0.2) is 15.9 Å². The van der Waals surface area contributed by atoms with E-state index in [0.717, 1.165) is 5.56 Å². The fourth-order valence-electron chi connectivity index (χ4n) is 1.11. The summed E-state index contributed by atoms with van der Waals surface area (Å²) in [7, 11) is 0. The van der Waals surface area contributed by atoms with Crippen molar-refractivity contribution < 1.29 is 9.90 Å². The van der Waals surface area contributed by atoms with Crippen LogP contribution in [0.15, 0.2) is 30.3 Å². The van der Waals surface area contributed by atoms with Gasteiger partial charge in [0.25, 0.3) is 0 Å². The third kappa shape index (κ3) is 2.92. The first-order valence-electron chi connectivity index (χ1n) is 4.42. The van der Waals surface area contributed by atoms with E-state index in [4.69, 9.17) is 17.3 Å². The van der Waals surface area contributed by atoms with E-state index in [0.29, 0.717) is 11.3 Å². The van der Waals surface area contributed by atoms with Crippen LogP contribution in [0.5, 0.6) is 0 Å². The summed E-state index contributed by atoms with van der Waals surface area (Å²) < 4.78 is 0. The Hall–Kier alpha value is -1.22. The van der Waals surface area contributed by atoms with Crippen molar-refractivity contribution in [2.75, 3.05) is 0 Å². The van der Waals surface area contributed by atoms with E-state index in [1.807, 2.05) is 30.3 Å². The van der Waals surface area contributed by atoms with Gasteiger partial charge in [-0.25, -0.2) is 0 Å². The number of hydrogen-bond acceptors (Lipinski definition) is 2. The molecule has 14 heavy (non-hydrogen) atoms. The standard InChI is InChI=1S/C11H12O2S/c1-8(11(12)13)7-10(14)9-5-3-2-4-6-9/h2-6,8H,7H2,1H3,(H,12,13). The van der Waals surface area contributed by atoms with Gasteiger partial charge in [0, 0.05) is 4.86 Å². The lowest BCUT2D eigenvalue weighted by Gasteiger charge is -2.07. The Balaban J connectivity index is 2.64. The van der Waals surface area contributed by atoms with Crippen LogP contribution in [0.1, 0.15) is 18.9 Å². The highest BCUT2D eigenvalue weighted by molar-refractivity contribution is 7.80. The first kappa shape index (κ1) is 10.9. The molecule has 0 amide bonds. The number of rotatable bonds is 4. The molecule has 3 heteroatoms. The molecule has 1 aromatic rings. The molecule has 0 aliphatic rings. The topological polar surface area (TPSA) is 37.3 Å². The molecule has 1 atom stereocenters. The van der Waals surface area contributed by atoms with Crippen LogP contribution in [0, 0.1) is 5.92 Å². The molecule has 0 saturated carbocycles. The zero-order valence-corrected chi connectivity index (χ0v) is 8.75. The molecule has 2 nitrogen and oxygen atoms in total. The number of thiocarbonyl (C=S) groups is 1. The number of carboxylic acid groups (broad SMARTS) is 1. The number of carbonyl (C=O) groups is 1. The van der Waals surface area contributed by atoms with Crippen molar-refractivity contribution in [1.82, 2.24) is 0 Å². The number of aliphatic carboxylic acids is 1. The van der Waals surface area contributed by atoms with Crippen molar-refractivity contribution >= 4 is 23.1 Å². The second kappa shape index (κ2) is 4.86. The maximum atomic E-state index is 10.6. The molecule has 0 heterocycles. The highest BCUT2D eigenvalue weighted by Crippen LogP contribution is 2.10. The van der Waals surface area contributed by atoms with E-state index in [1.165, 1.54) is 0 Å². The average Bonchev–Trinajstić information content (AvgIpc) is 2.19. The van der Waals surface area contributed by atoms with Crippen molar-refractivity contribution in [3.8, 4) is 0 Å². The smallest absolute Gasteiger partial charge is 0.306 e. The second-order valence-corrected chi connectivity index (χ2v) is 3.73. The summed E-state index contributed by atoms with van der Waals surface area (Å²) in [4.78, 5) is 11.3. The van der Waals surface area contributed by atoms with Crippen LogP contribution in [0.25, 0.3) is 0 Å². The quantitative estimate of drug-likeness (QED) is 0.610. The van der Waals surface area contributed by atoms with E-state index in [-0.39, 0.29) is 0 Å². The van der Waals surface area contributed by atoms with Gasteiger partial charge in [-0.1, -0.05) is 49.5 Å². The monoisotopic (exact) mass is 208 g/mol. The molecule has 0 fully saturated rings. The fourth-order valence-corrected chi connectivity index (χ4v) is 1.49. The summed E-state index contributed by atoms with van der Waals surface area (Å²) in [5, 5.41) is 8.72. The van der Waals surface area contributed by atoms with E-state index in [1.54, 1.807) is 6.92 Å². The molecular formula is C11H12O2S. The van der Waals surface area contributed by atoms with Crippen molar-refractivity contribution in [2.24, 2.45) is 5.92 Å². The zero-order valence-electron chi connectivity index (χ0n) is 7.93. The van der Waals surface area contributed by atoms with Crippen molar-refractivity contribution in [2.45, 2.75) is 13.3 Å². The molecule has 0 spiro atoms. The van der Waals surface area contributed by atoms with E-state index >= 15 is 0 Å². The predicted molar refractivity (Wildman–Crippen MR) is 59.6 cm³/mol. The maximum Gasteiger partial charge on any atom is 0.306 e. The lowest BCUT2D eigenvalue weighted by atomic mass is 10.0. The number of carboxylic acids is 1. The molecule has 0 bridgehead atoms. The average molecular weight is 208 g/mol. The summed E-state index contributed by atoms with van der Waals surface area (Å²) >= 11 is 5.15. The molecule has 0 aromatic heterocycles. The van der Waals surface area contributed by atoms with Crippen LogP contribution in [0.4, 0.5) is 0 Å². The molecule has 74 valence electrons. The fraction of sp³-hybridized carbons (Fsp3) is 0.273. The third-order valence-corrected chi connectivity index (χ3v) is 2.41. The molecule has 0 aliphatic heterocycles. The molecule has 0 radical (unpaired) electrons. The van der Waals surface area contributed by atoms with Gasteiger partial charge >= 0.3 is 5.97 Å². The minimum absolute atomic E-state index is 0.414. The Morgan fingerprint density at radius 2 is 2.00 bits per heavy atom. The van der Waals surface area contributed by atoms with E-state index < -0.39 is 11.9 Å². The van der Waals surface area contributed by atoms with Gasteiger partial charge in [-0.2, -0.15) is 0 Å². The highest BCUT2D eigenvalue weighted by atomic mass is 32.1. The summed E-state index contributed by atoms with van der Waals surface area (Å²) in [6, 6.07) is 9.50. The van der Waals surface area contributed by atoms with Crippen molar-refractivity contribution in [3.05, 3.63) is 35.9 Å². The summed E-state index contributed by atoms with van der Waals surface area (Å²) in [5.74, 6) is -1.22. The lowest BCUT2D eigenvalue weighted by Crippen LogP contribution is -2.13. The Bertz CT molecular complexity index is 332. The van der Waals surface area contributed by atoms with Crippen LogP contribution < -0.4 is 0 Å². The predicted octanol–water partition coefficient (Wildman–Crippen LogP) is 2.52. The Morgan fingerprint density at radius 3 is 2.50 bits per heavy atom. The normalized spacial score (nSPS) is 12.1. The van der Waals surface area contributed by atoms with Gasteiger partial charge in [0.05, 0.1) is 5.92 Å². The third-order valence-electron chi connectivity index (χ3n) is 2.01. The van der Waals surface area contributed by atoms with Crippen LogP contribution in [-0.2, 0) is 4.79 Å². The molecule has 0 saturated heterocycles. The second-order valence-electron chi connectivity index (χ2n) is 3.23. The van der Waals surface area contributed by atoms with Gasteiger partial charge in [0.2, 0.25) is 0 Å². The Labute approximate surface area is 88.6 Å². The number of benzene rings is 1. The molecule has 0 aliphatic carbocycles. The SMILES string of the molecule is CC(CC(=S)c1ccccc1)C(=O)O. The lowest BCUT2D eigenvalue weighted by molar-refractivity contribution is -0.140. The molecule has 1 aromatic carbocycles. The van der Waals surface area contributed by atoms with Gasteiger partial charge in [-0.05, 0) is 12.0 Å². The van der Waals surface area contributed by atoms with Gasteiger partial charge in [-0.3, -0.25) is 4.79 Å². The zero-order chi connectivity index (χ0) is 10.6. The first-order valence-corrected chi connectivity index (χ1v) is 4.83. The van der Waals surface area contributed by atoms with Gasteiger partial charge in [-0.15, -0.1) is 0 Å². The summed E-state index contributed by atoms with van der Waals surface area (Å²) in [5.41, 5.74) is 0.940.